The highest BCUT2D eigenvalue weighted by Gasteiger charge is 2.00. The van der Waals surface area contributed by atoms with Crippen molar-refractivity contribution < 1.29 is 0 Å². The smallest absolute Gasteiger partial charge is 0.204 e. The van der Waals surface area contributed by atoms with Crippen LogP contribution in [0.4, 0.5) is 0 Å². The average Bonchev–Trinajstić information content (AvgIpc) is 2.12. The molecule has 0 saturated carbocycles. The predicted molar refractivity (Wildman–Crippen MR) is 39.7 cm³/mol. The maximum absolute atomic E-state index is 8.36. The number of nitriles is 3. The van der Waals surface area contributed by atoms with E-state index in [0.29, 0.717) is 0 Å². The second-order valence-electron chi connectivity index (χ2n) is 1.59. The fourth-order valence-corrected chi connectivity index (χ4v) is 0.344. The van der Waals surface area contributed by atoms with Gasteiger partial charge in [0.2, 0.25) is 5.84 Å². The van der Waals surface area contributed by atoms with Gasteiger partial charge in [-0.1, -0.05) is 0 Å². The number of aliphatic imine (C=N–C) groups is 1. The highest BCUT2D eigenvalue weighted by molar-refractivity contribution is 5.95. The van der Waals surface area contributed by atoms with Crippen LogP contribution >= 0.6 is 0 Å². The molecule has 6 nitrogen and oxygen atoms in total. The molecular weight excluding hydrogens is 156 g/mol. The Kier molecular flexibility index (Phi) is 3.41. The third-order valence-electron chi connectivity index (χ3n) is 0.828. The van der Waals surface area contributed by atoms with Crippen LogP contribution in [0.25, 0.3) is 0 Å². The fraction of sp³-hybridized carbons (Fsp3) is 0. The first-order valence-corrected chi connectivity index (χ1v) is 2.70. The van der Waals surface area contributed by atoms with Gasteiger partial charge in [-0.15, -0.1) is 0 Å². The quantitative estimate of drug-likeness (QED) is 0.290. The molecule has 0 aromatic heterocycles. The molecule has 0 atom stereocenters. The first kappa shape index (κ1) is 9.48. The standard InChI is InChI=1S/C6H4N6/c7-1-4(10)5(2-8)12-6(11)3-9/h10H2,(H2,11,12)/b5-4-. The third-order valence-corrected chi connectivity index (χ3v) is 0.828. The van der Waals surface area contributed by atoms with Crippen molar-refractivity contribution in [2.45, 2.75) is 0 Å². The van der Waals surface area contributed by atoms with Crippen molar-refractivity contribution in [3.8, 4) is 18.2 Å². The van der Waals surface area contributed by atoms with E-state index in [9.17, 15) is 0 Å². The van der Waals surface area contributed by atoms with Crippen molar-refractivity contribution in [1.29, 1.82) is 15.8 Å². The van der Waals surface area contributed by atoms with Gasteiger partial charge in [-0.25, -0.2) is 4.99 Å². The number of nitrogens with two attached hydrogens (primary N) is 2. The van der Waals surface area contributed by atoms with Crippen LogP contribution in [0.5, 0.6) is 0 Å². The lowest BCUT2D eigenvalue weighted by Gasteiger charge is -1.89. The minimum Gasteiger partial charge on any atom is -0.388 e. The van der Waals surface area contributed by atoms with Crippen LogP contribution < -0.4 is 11.5 Å². The number of hydrogen-bond acceptors (Lipinski definition) is 5. The molecule has 0 aliphatic carbocycles. The lowest BCUT2D eigenvalue weighted by Crippen LogP contribution is -2.09. The number of rotatable bonds is 1. The van der Waals surface area contributed by atoms with E-state index in [4.69, 9.17) is 27.3 Å². The van der Waals surface area contributed by atoms with Gasteiger partial charge < -0.3 is 11.5 Å². The molecule has 58 valence electrons. The molecule has 0 rings (SSSR count). The first-order valence-electron chi connectivity index (χ1n) is 2.70. The van der Waals surface area contributed by atoms with Gasteiger partial charge in [0.1, 0.15) is 23.9 Å². The maximum Gasteiger partial charge on any atom is 0.204 e. The van der Waals surface area contributed by atoms with Crippen molar-refractivity contribution in [3.05, 3.63) is 11.4 Å². The molecule has 6 heteroatoms. The molecule has 0 aliphatic rings. The Morgan fingerprint density at radius 1 is 1.00 bits per heavy atom. The SMILES string of the molecule is N#CC(N)=N/C(C#N)=C(\N)C#N. The van der Waals surface area contributed by atoms with Crippen molar-refractivity contribution in [3.63, 3.8) is 0 Å². The van der Waals surface area contributed by atoms with Crippen LogP contribution in [0.15, 0.2) is 16.4 Å². The number of hydrogen-bond donors (Lipinski definition) is 2. The van der Waals surface area contributed by atoms with Gasteiger partial charge >= 0.3 is 0 Å². The number of allylic oxidation sites excluding steroid dienone is 2. The summed E-state index contributed by atoms with van der Waals surface area (Å²) < 4.78 is 0. The molecular formula is C6H4N6. The van der Waals surface area contributed by atoms with Crippen molar-refractivity contribution >= 4 is 5.84 Å². The van der Waals surface area contributed by atoms with Gasteiger partial charge in [-0.2, -0.15) is 15.8 Å². The van der Waals surface area contributed by atoms with E-state index in [-0.39, 0.29) is 11.4 Å². The Bertz CT molecular complexity index is 355. The fourth-order valence-electron chi connectivity index (χ4n) is 0.344. The number of nitrogens with zero attached hydrogens (tertiary/aromatic N) is 4. The molecule has 0 saturated heterocycles. The highest BCUT2D eigenvalue weighted by atomic mass is 14.9. The Hall–Kier alpha value is -2.52. The van der Waals surface area contributed by atoms with Gasteiger partial charge in [0.15, 0.2) is 5.70 Å². The lowest BCUT2D eigenvalue weighted by molar-refractivity contribution is 1.26. The predicted octanol–water partition coefficient (Wildman–Crippen LogP) is -0.915. The third kappa shape index (κ3) is 2.38. The largest absolute Gasteiger partial charge is 0.388 e. The van der Waals surface area contributed by atoms with Crippen LogP contribution in [-0.2, 0) is 0 Å². The van der Waals surface area contributed by atoms with Crippen LogP contribution in [0.2, 0.25) is 0 Å². The summed E-state index contributed by atoms with van der Waals surface area (Å²) >= 11 is 0. The van der Waals surface area contributed by atoms with Crippen molar-refractivity contribution in [2.24, 2.45) is 16.5 Å². The Morgan fingerprint density at radius 2 is 1.58 bits per heavy atom. The van der Waals surface area contributed by atoms with E-state index in [2.05, 4.69) is 4.99 Å². The minimum atomic E-state index is -0.412. The maximum atomic E-state index is 8.36. The van der Waals surface area contributed by atoms with Gasteiger partial charge in [0.25, 0.3) is 0 Å². The number of amidine groups is 1. The van der Waals surface area contributed by atoms with E-state index in [1.165, 1.54) is 18.2 Å². The zero-order valence-corrected chi connectivity index (χ0v) is 5.94. The topological polar surface area (TPSA) is 136 Å². The summed E-state index contributed by atoms with van der Waals surface area (Å²) in [5, 5.41) is 24.8. The molecule has 0 aliphatic heterocycles. The molecule has 0 aromatic carbocycles. The molecule has 0 aromatic rings. The molecule has 0 bridgehead atoms. The van der Waals surface area contributed by atoms with E-state index in [0.717, 1.165) is 0 Å². The van der Waals surface area contributed by atoms with Crippen LogP contribution in [0.1, 0.15) is 0 Å². The molecule has 0 radical (unpaired) electrons. The molecule has 12 heavy (non-hydrogen) atoms. The monoisotopic (exact) mass is 160 g/mol. The van der Waals surface area contributed by atoms with E-state index >= 15 is 0 Å². The summed E-state index contributed by atoms with van der Waals surface area (Å²) in [7, 11) is 0. The normalized spacial score (nSPS) is 11.9. The van der Waals surface area contributed by atoms with Crippen LogP contribution in [0.3, 0.4) is 0 Å². The van der Waals surface area contributed by atoms with Gasteiger partial charge in [0, 0.05) is 0 Å². The Labute approximate surface area is 68.6 Å². The van der Waals surface area contributed by atoms with Gasteiger partial charge in [-0.3, -0.25) is 0 Å². The summed E-state index contributed by atoms with van der Waals surface area (Å²) in [6, 6.07) is 4.53. The molecule has 0 heterocycles. The second kappa shape index (κ2) is 4.32. The molecule has 4 N–H and O–H groups in total. The lowest BCUT2D eigenvalue weighted by atomic mass is 10.4. The van der Waals surface area contributed by atoms with Crippen LogP contribution in [-0.4, -0.2) is 5.84 Å². The second-order valence-corrected chi connectivity index (χ2v) is 1.59. The van der Waals surface area contributed by atoms with E-state index in [1.807, 2.05) is 0 Å². The van der Waals surface area contributed by atoms with Crippen LogP contribution in [0, 0.1) is 34.0 Å². The summed E-state index contributed by atoms with van der Waals surface area (Å²) in [4.78, 5) is 3.29. The molecule has 0 unspecified atom stereocenters. The summed E-state index contributed by atoms with van der Waals surface area (Å²) in [5.74, 6) is -0.412. The minimum absolute atomic E-state index is 0.350. The first-order chi connectivity index (χ1) is 5.65. The zero-order chi connectivity index (χ0) is 9.56. The summed E-state index contributed by atoms with van der Waals surface area (Å²) in [6.07, 6.45) is 0. The summed E-state index contributed by atoms with van der Waals surface area (Å²) in [6.45, 7) is 0. The average molecular weight is 160 g/mol. The Morgan fingerprint density at radius 3 is 1.92 bits per heavy atom. The molecule has 0 spiro atoms. The van der Waals surface area contributed by atoms with Gasteiger partial charge in [0.05, 0.1) is 0 Å². The van der Waals surface area contributed by atoms with E-state index in [1.54, 1.807) is 0 Å². The summed E-state index contributed by atoms with van der Waals surface area (Å²) in [5.41, 5.74) is 9.32. The van der Waals surface area contributed by atoms with Crippen molar-refractivity contribution in [1.82, 2.24) is 0 Å². The zero-order valence-electron chi connectivity index (χ0n) is 5.94. The van der Waals surface area contributed by atoms with Gasteiger partial charge in [-0.05, 0) is 0 Å². The van der Waals surface area contributed by atoms with Crippen molar-refractivity contribution in [2.75, 3.05) is 0 Å². The highest BCUT2D eigenvalue weighted by Crippen LogP contribution is 1.97. The molecule has 0 fully saturated rings. The molecule has 0 amide bonds. The Balaban J connectivity index is 5.07. The van der Waals surface area contributed by atoms with E-state index < -0.39 is 5.84 Å².